The Morgan fingerprint density at radius 2 is 1.24 bits per heavy atom. The predicted octanol–water partition coefficient (Wildman–Crippen LogP) is 6.39. The standard InChI is InChI=1S/C23H32O2/c1-2-3-4-5-6-7-8-9-10-11-12-13-14-15-16-17-18-19-20-21-22-23(24)25/h3-4,6-7,9-10,12-13,15-16H,2,5,8,11,14,17,20-22H2,1H3,(H,24,25). The van der Waals surface area contributed by atoms with Gasteiger partial charge in [-0.25, -0.2) is 0 Å². The lowest BCUT2D eigenvalue weighted by molar-refractivity contribution is -0.137. The van der Waals surface area contributed by atoms with Gasteiger partial charge in [-0.15, -0.1) is 5.92 Å². The summed E-state index contributed by atoms with van der Waals surface area (Å²) in [6.07, 6.45) is 28.9. The van der Waals surface area contributed by atoms with Gasteiger partial charge in [0, 0.05) is 19.3 Å². The molecule has 0 aliphatic rings. The summed E-state index contributed by atoms with van der Waals surface area (Å²) in [5.74, 6) is 5.27. The topological polar surface area (TPSA) is 37.3 Å². The van der Waals surface area contributed by atoms with Crippen LogP contribution >= 0.6 is 0 Å². The van der Waals surface area contributed by atoms with Gasteiger partial charge < -0.3 is 5.11 Å². The molecule has 0 radical (unpaired) electrons. The Morgan fingerprint density at radius 3 is 1.72 bits per heavy atom. The monoisotopic (exact) mass is 340 g/mol. The van der Waals surface area contributed by atoms with Crippen molar-refractivity contribution in [3.63, 3.8) is 0 Å². The van der Waals surface area contributed by atoms with Crippen LogP contribution in [0, 0.1) is 11.8 Å². The number of hydrogen-bond donors (Lipinski definition) is 1. The summed E-state index contributed by atoms with van der Waals surface area (Å²) in [4.78, 5) is 10.3. The van der Waals surface area contributed by atoms with Crippen molar-refractivity contribution in [1.29, 1.82) is 0 Å². The average Bonchev–Trinajstić information content (AvgIpc) is 2.60. The quantitative estimate of drug-likeness (QED) is 0.240. The Balaban J connectivity index is 3.53. The molecule has 0 amide bonds. The highest BCUT2D eigenvalue weighted by molar-refractivity contribution is 5.66. The van der Waals surface area contributed by atoms with Crippen LogP contribution in [0.4, 0.5) is 0 Å². The molecule has 0 spiro atoms. The maximum absolute atomic E-state index is 10.3. The smallest absolute Gasteiger partial charge is 0.303 e. The molecule has 2 heteroatoms. The maximum atomic E-state index is 10.3. The molecule has 0 rings (SSSR count). The van der Waals surface area contributed by atoms with Gasteiger partial charge >= 0.3 is 5.97 Å². The van der Waals surface area contributed by atoms with Crippen molar-refractivity contribution in [3.05, 3.63) is 60.8 Å². The molecule has 0 heterocycles. The van der Waals surface area contributed by atoms with Crippen LogP contribution in [0.3, 0.4) is 0 Å². The van der Waals surface area contributed by atoms with Gasteiger partial charge in [0.1, 0.15) is 0 Å². The highest BCUT2D eigenvalue weighted by Gasteiger charge is 1.92. The van der Waals surface area contributed by atoms with E-state index in [0.29, 0.717) is 12.8 Å². The summed E-state index contributed by atoms with van der Waals surface area (Å²) in [6.45, 7) is 2.15. The lowest BCUT2D eigenvalue weighted by Gasteiger charge is -1.87. The number of unbranched alkanes of at least 4 members (excludes halogenated alkanes) is 1. The zero-order valence-corrected chi connectivity index (χ0v) is 15.5. The molecule has 0 saturated heterocycles. The van der Waals surface area contributed by atoms with Crippen molar-refractivity contribution < 1.29 is 9.90 Å². The van der Waals surface area contributed by atoms with Gasteiger partial charge in [0.25, 0.3) is 0 Å². The number of hydrogen-bond acceptors (Lipinski definition) is 1. The van der Waals surface area contributed by atoms with Crippen molar-refractivity contribution >= 4 is 5.97 Å². The van der Waals surface area contributed by atoms with Gasteiger partial charge in [0.15, 0.2) is 0 Å². The first-order valence-corrected chi connectivity index (χ1v) is 9.19. The molecule has 0 unspecified atom stereocenters. The van der Waals surface area contributed by atoms with E-state index in [1.165, 1.54) is 0 Å². The summed E-state index contributed by atoms with van der Waals surface area (Å²) < 4.78 is 0. The van der Waals surface area contributed by atoms with Gasteiger partial charge in [-0.2, -0.15) is 0 Å². The van der Waals surface area contributed by atoms with E-state index in [0.717, 1.165) is 38.5 Å². The molecule has 0 atom stereocenters. The zero-order valence-electron chi connectivity index (χ0n) is 15.5. The fourth-order valence-corrected chi connectivity index (χ4v) is 1.88. The van der Waals surface area contributed by atoms with Gasteiger partial charge in [-0.05, 0) is 38.5 Å². The Bertz CT molecular complexity index is 522. The minimum absolute atomic E-state index is 0.205. The Hall–Kier alpha value is -2.27. The van der Waals surface area contributed by atoms with Crippen LogP contribution in [0.5, 0.6) is 0 Å². The third-order valence-corrected chi connectivity index (χ3v) is 3.20. The van der Waals surface area contributed by atoms with Crippen LogP contribution < -0.4 is 0 Å². The SMILES string of the molecule is CCC=CCC=CCC=CCC=CCC=CCC#CCCCC(=O)O. The van der Waals surface area contributed by atoms with Crippen molar-refractivity contribution in [2.45, 2.75) is 64.7 Å². The van der Waals surface area contributed by atoms with Gasteiger partial charge in [-0.1, -0.05) is 73.6 Å². The van der Waals surface area contributed by atoms with E-state index >= 15 is 0 Å². The number of carbonyl (C=O) groups is 1. The van der Waals surface area contributed by atoms with E-state index in [4.69, 9.17) is 5.11 Å². The van der Waals surface area contributed by atoms with Gasteiger partial charge in [-0.3, -0.25) is 4.79 Å². The van der Waals surface area contributed by atoms with Crippen molar-refractivity contribution in [2.75, 3.05) is 0 Å². The molecule has 0 fully saturated rings. The first-order chi connectivity index (χ1) is 12.3. The Labute approximate surface area is 153 Å². The van der Waals surface area contributed by atoms with Gasteiger partial charge in [0.2, 0.25) is 0 Å². The summed E-state index contributed by atoms with van der Waals surface area (Å²) in [5.41, 5.74) is 0. The molecule has 0 aromatic heterocycles. The van der Waals surface area contributed by atoms with Crippen LogP contribution in [-0.2, 0) is 4.79 Å². The van der Waals surface area contributed by atoms with Crippen molar-refractivity contribution in [3.8, 4) is 11.8 Å². The first kappa shape index (κ1) is 22.7. The van der Waals surface area contributed by atoms with Crippen LogP contribution in [0.15, 0.2) is 60.8 Å². The van der Waals surface area contributed by atoms with E-state index in [1.807, 2.05) is 0 Å². The molecule has 0 saturated carbocycles. The Kier molecular flexibility index (Phi) is 18.0. The molecule has 136 valence electrons. The molecule has 0 aromatic rings. The van der Waals surface area contributed by atoms with E-state index in [2.05, 4.69) is 79.5 Å². The minimum atomic E-state index is -0.750. The van der Waals surface area contributed by atoms with Crippen molar-refractivity contribution in [2.24, 2.45) is 0 Å². The molecule has 0 aromatic carbocycles. The first-order valence-electron chi connectivity index (χ1n) is 9.19. The molecular formula is C23H32O2. The van der Waals surface area contributed by atoms with Crippen LogP contribution in [-0.4, -0.2) is 11.1 Å². The molecule has 0 aliphatic carbocycles. The van der Waals surface area contributed by atoms with E-state index in [-0.39, 0.29) is 6.42 Å². The average molecular weight is 341 g/mol. The second-order valence-corrected chi connectivity index (χ2v) is 5.51. The zero-order chi connectivity index (χ0) is 18.4. The fraction of sp³-hybridized carbons (Fsp3) is 0.435. The third-order valence-electron chi connectivity index (χ3n) is 3.20. The lowest BCUT2D eigenvalue weighted by atomic mass is 10.2. The molecular weight excluding hydrogens is 308 g/mol. The number of rotatable bonds is 13. The number of aliphatic carboxylic acids is 1. The van der Waals surface area contributed by atoms with Crippen LogP contribution in [0.2, 0.25) is 0 Å². The summed E-state index contributed by atoms with van der Waals surface area (Å²) >= 11 is 0. The van der Waals surface area contributed by atoms with Crippen LogP contribution in [0.25, 0.3) is 0 Å². The Morgan fingerprint density at radius 1 is 0.760 bits per heavy atom. The largest absolute Gasteiger partial charge is 0.481 e. The second kappa shape index (κ2) is 19.8. The molecule has 0 bridgehead atoms. The highest BCUT2D eigenvalue weighted by Crippen LogP contribution is 1.96. The molecule has 1 N–H and O–H groups in total. The highest BCUT2D eigenvalue weighted by atomic mass is 16.4. The normalized spacial score (nSPS) is 12.0. The fourth-order valence-electron chi connectivity index (χ4n) is 1.88. The summed E-state index contributed by atoms with van der Waals surface area (Å²) in [7, 11) is 0. The lowest BCUT2D eigenvalue weighted by Crippen LogP contribution is -1.92. The van der Waals surface area contributed by atoms with E-state index in [9.17, 15) is 4.79 Å². The number of allylic oxidation sites excluding steroid dienone is 10. The van der Waals surface area contributed by atoms with Crippen molar-refractivity contribution in [1.82, 2.24) is 0 Å². The number of carboxylic acid groups (broad SMARTS) is 1. The minimum Gasteiger partial charge on any atom is -0.481 e. The molecule has 0 aliphatic heterocycles. The van der Waals surface area contributed by atoms with Crippen LogP contribution in [0.1, 0.15) is 64.7 Å². The maximum Gasteiger partial charge on any atom is 0.303 e. The van der Waals surface area contributed by atoms with E-state index < -0.39 is 5.97 Å². The second-order valence-electron chi connectivity index (χ2n) is 5.51. The molecule has 2 nitrogen and oxygen atoms in total. The number of carboxylic acids is 1. The summed E-state index contributed by atoms with van der Waals surface area (Å²) in [6, 6.07) is 0. The predicted molar refractivity (Wildman–Crippen MR) is 108 cm³/mol. The summed E-state index contributed by atoms with van der Waals surface area (Å²) in [5, 5.41) is 8.49. The third kappa shape index (κ3) is 21.7. The molecule has 25 heavy (non-hydrogen) atoms. The van der Waals surface area contributed by atoms with E-state index in [1.54, 1.807) is 0 Å². The van der Waals surface area contributed by atoms with Gasteiger partial charge in [0.05, 0.1) is 0 Å².